The highest BCUT2D eigenvalue weighted by atomic mass is 19.4. The third-order valence-corrected chi connectivity index (χ3v) is 6.43. The van der Waals surface area contributed by atoms with Crippen LogP contribution in [0.3, 0.4) is 0 Å². The Morgan fingerprint density at radius 3 is 2.22 bits per heavy atom. The third-order valence-electron chi connectivity index (χ3n) is 6.43. The molecular weight excluding hydrogens is 593 g/mol. The maximum absolute atomic E-state index is 13.7. The monoisotopic (exact) mass is 630 g/mol. The van der Waals surface area contributed by atoms with Crippen molar-refractivity contribution < 1.29 is 41.8 Å². The zero-order valence-electron chi connectivity index (χ0n) is 26.0. The first kappa shape index (κ1) is 33.3. The smallest absolute Gasteiger partial charge is 0.433 e. The van der Waals surface area contributed by atoms with E-state index in [9.17, 15) is 27.6 Å². The Bertz CT molecular complexity index is 1510. The molecule has 0 fully saturated rings. The Morgan fingerprint density at radius 1 is 0.933 bits per heavy atom. The summed E-state index contributed by atoms with van der Waals surface area (Å²) >= 11 is 0. The number of hydrogen-bond donors (Lipinski definition) is 1. The molecule has 1 N–H and O–H groups in total. The Morgan fingerprint density at radius 2 is 1.60 bits per heavy atom. The van der Waals surface area contributed by atoms with Crippen molar-refractivity contribution in [1.29, 1.82) is 0 Å². The summed E-state index contributed by atoms with van der Waals surface area (Å²) in [5.74, 6) is -0.809. The summed E-state index contributed by atoms with van der Waals surface area (Å²) in [6, 6.07) is 12.6. The van der Waals surface area contributed by atoms with Gasteiger partial charge in [-0.25, -0.2) is 9.48 Å². The van der Waals surface area contributed by atoms with Gasteiger partial charge in [-0.2, -0.15) is 18.3 Å². The van der Waals surface area contributed by atoms with Crippen LogP contribution in [-0.4, -0.2) is 51.5 Å². The zero-order chi connectivity index (χ0) is 33.2. The first-order valence-electron chi connectivity index (χ1n) is 14.4. The topological polar surface area (TPSA) is 112 Å². The van der Waals surface area contributed by atoms with Gasteiger partial charge in [0, 0.05) is 12.2 Å². The molecule has 3 aromatic rings. The summed E-state index contributed by atoms with van der Waals surface area (Å²) in [4.78, 5) is 40.3. The predicted molar refractivity (Wildman–Crippen MR) is 159 cm³/mol. The third kappa shape index (κ3) is 8.99. The normalized spacial score (nSPS) is 14.0. The van der Waals surface area contributed by atoms with Gasteiger partial charge >= 0.3 is 18.2 Å². The van der Waals surface area contributed by atoms with Gasteiger partial charge in [0.2, 0.25) is 5.91 Å². The number of alkyl carbamates (subject to hydrolysis) is 1. The van der Waals surface area contributed by atoms with Crippen LogP contribution in [0.15, 0.2) is 54.6 Å². The van der Waals surface area contributed by atoms with E-state index in [4.69, 9.17) is 14.2 Å². The second-order valence-corrected chi connectivity index (χ2v) is 12.6. The summed E-state index contributed by atoms with van der Waals surface area (Å²) in [7, 11) is 0. The number of carbonyl (C=O) groups is 3. The van der Waals surface area contributed by atoms with Gasteiger partial charge in [0.1, 0.15) is 41.0 Å². The molecule has 2 aromatic carbocycles. The zero-order valence-corrected chi connectivity index (χ0v) is 26.0. The van der Waals surface area contributed by atoms with E-state index in [1.807, 2.05) is 0 Å². The van der Waals surface area contributed by atoms with Crippen molar-refractivity contribution in [2.75, 3.05) is 11.4 Å². The van der Waals surface area contributed by atoms with Crippen LogP contribution >= 0.6 is 0 Å². The van der Waals surface area contributed by atoms with Crippen molar-refractivity contribution in [3.8, 4) is 11.4 Å². The maximum atomic E-state index is 13.7. The van der Waals surface area contributed by atoms with Gasteiger partial charge in [-0.15, -0.1) is 0 Å². The van der Waals surface area contributed by atoms with E-state index in [2.05, 4.69) is 10.4 Å². The SMILES string of the molecule is CC(C)(C)OC(=O)C[C@@H](NC(=O)OC(C)(C)C)C(=O)N1CCc2cc(OCc3cc(C(F)(F)F)n(-c4ccccc4)n3)ccc21. The van der Waals surface area contributed by atoms with E-state index in [0.29, 0.717) is 17.9 Å². The van der Waals surface area contributed by atoms with Crippen LogP contribution in [0.2, 0.25) is 0 Å². The van der Waals surface area contributed by atoms with Crippen molar-refractivity contribution in [3.63, 3.8) is 0 Å². The molecule has 0 spiro atoms. The molecule has 2 amide bonds. The number of nitrogens with one attached hydrogen (secondary N) is 1. The highest BCUT2D eigenvalue weighted by Gasteiger charge is 2.37. The Hall–Kier alpha value is -4.55. The number of fused-ring (bicyclic) bond motifs is 1. The molecule has 0 saturated carbocycles. The van der Waals surface area contributed by atoms with E-state index in [-0.39, 0.29) is 24.5 Å². The van der Waals surface area contributed by atoms with Crippen molar-refractivity contribution in [2.24, 2.45) is 0 Å². The number of ether oxygens (including phenoxy) is 3. The second kappa shape index (κ2) is 12.8. The fourth-order valence-electron chi connectivity index (χ4n) is 4.71. The maximum Gasteiger partial charge on any atom is 0.433 e. The van der Waals surface area contributed by atoms with E-state index >= 15 is 0 Å². The van der Waals surface area contributed by atoms with Crippen LogP contribution in [0.4, 0.5) is 23.7 Å². The summed E-state index contributed by atoms with van der Waals surface area (Å²) in [6.45, 7) is 10.2. The quantitative estimate of drug-likeness (QED) is 0.305. The number of halogens is 3. The molecule has 2 heterocycles. The molecule has 45 heavy (non-hydrogen) atoms. The second-order valence-electron chi connectivity index (χ2n) is 12.6. The Labute approximate surface area is 259 Å². The van der Waals surface area contributed by atoms with Crippen LogP contribution < -0.4 is 15.0 Å². The molecule has 0 aliphatic carbocycles. The number of aromatic nitrogens is 2. The van der Waals surface area contributed by atoms with Crippen molar-refractivity contribution in [3.05, 3.63) is 71.5 Å². The summed E-state index contributed by atoms with van der Waals surface area (Å²) in [5, 5.41) is 6.63. The summed E-state index contributed by atoms with van der Waals surface area (Å²) < 4.78 is 58.5. The number of alkyl halides is 3. The van der Waals surface area contributed by atoms with E-state index in [1.165, 1.54) is 17.0 Å². The molecule has 1 aliphatic rings. The molecule has 0 bridgehead atoms. The van der Waals surface area contributed by atoms with Gasteiger partial charge in [0.25, 0.3) is 0 Å². The molecule has 1 atom stereocenters. The molecule has 1 aliphatic heterocycles. The van der Waals surface area contributed by atoms with Gasteiger partial charge in [-0.1, -0.05) is 18.2 Å². The number of rotatable bonds is 8. The minimum absolute atomic E-state index is 0.0849. The summed E-state index contributed by atoms with van der Waals surface area (Å²) in [6.07, 6.45) is -5.43. The molecule has 0 radical (unpaired) electrons. The fourth-order valence-corrected chi connectivity index (χ4v) is 4.71. The molecule has 0 saturated heterocycles. The molecule has 0 unspecified atom stereocenters. The summed E-state index contributed by atoms with van der Waals surface area (Å²) in [5.41, 5.74) is -0.877. The van der Waals surface area contributed by atoms with Gasteiger partial charge in [0.05, 0.1) is 12.1 Å². The number of anilines is 1. The van der Waals surface area contributed by atoms with Crippen molar-refractivity contribution in [2.45, 2.75) is 84.4 Å². The number of nitrogens with zero attached hydrogens (tertiary/aromatic N) is 3. The fraction of sp³-hybridized carbons (Fsp3) is 0.438. The lowest BCUT2D eigenvalue weighted by Gasteiger charge is -2.27. The molecule has 13 heteroatoms. The van der Waals surface area contributed by atoms with E-state index in [0.717, 1.165) is 16.3 Å². The Kier molecular flexibility index (Phi) is 9.50. The lowest BCUT2D eigenvalue weighted by atomic mass is 10.1. The molecule has 4 rings (SSSR count). The van der Waals surface area contributed by atoms with Crippen molar-refractivity contribution in [1.82, 2.24) is 15.1 Å². The van der Waals surface area contributed by atoms with E-state index in [1.54, 1.807) is 77.9 Å². The first-order valence-corrected chi connectivity index (χ1v) is 14.4. The number of amides is 2. The van der Waals surface area contributed by atoms with Gasteiger partial charge in [0.15, 0.2) is 0 Å². The predicted octanol–water partition coefficient (Wildman–Crippen LogP) is 5.98. The van der Waals surface area contributed by atoms with E-state index < -0.39 is 53.5 Å². The highest BCUT2D eigenvalue weighted by Crippen LogP contribution is 2.34. The standard InChI is InChI=1S/C32H37F3N4O6/c1-30(2,3)44-27(40)18-24(36-29(42)45-31(4,5)6)28(41)38-15-14-20-16-23(12-13-25(20)38)43-19-21-17-26(32(33,34)35)39(37-21)22-10-8-7-9-11-22/h7-13,16-17,24H,14-15,18-19H2,1-6H3,(H,36,42)/t24-/m1/s1. The van der Waals surface area contributed by atoms with Crippen LogP contribution in [0.1, 0.15) is 64.9 Å². The van der Waals surface area contributed by atoms with Crippen LogP contribution in [0.5, 0.6) is 5.75 Å². The van der Waals surface area contributed by atoms with Crippen LogP contribution in [0, 0.1) is 0 Å². The van der Waals surface area contributed by atoms with Crippen LogP contribution in [0.25, 0.3) is 5.69 Å². The number of para-hydroxylation sites is 1. The number of esters is 1. The van der Waals surface area contributed by atoms with Crippen LogP contribution in [-0.2, 0) is 38.3 Å². The minimum Gasteiger partial charge on any atom is -0.487 e. The van der Waals surface area contributed by atoms with Gasteiger partial charge in [-0.3, -0.25) is 9.59 Å². The van der Waals surface area contributed by atoms with Crippen molar-refractivity contribution >= 4 is 23.7 Å². The lowest BCUT2D eigenvalue weighted by Crippen LogP contribution is -2.50. The lowest BCUT2D eigenvalue weighted by molar-refractivity contribution is -0.156. The molecular formula is C32H37F3N4O6. The average Bonchev–Trinajstić information content (AvgIpc) is 3.54. The minimum atomic E-state index is -4.62. The number of hydrogen-bond acceptors (Lipinski definition) is 7. The van der Waals surface area contributed by atoms with Gasteiger partial charge < -0.3 is 24.4 Å². The Balaban J connectivity index is 1.49. The molecule has 10 nitrogen and oxygen atoms in total. The number of carbonyl (C=O) groups excluding carboxylic acids is 3. The highest BCUT2D eigenvalue weighted by molar-refractivity contribution is 6.02. The largest absolute Gasteiger partial charge is 0.487 e. The van der Waals surface area contributed by atoms with Gasteiger partial charge in [-0.05, 0) is 89.9 Å². The molecule has 242 valence electrons. The molecule has 1 aromatic heterocycles. The first-order chi connectivity index (χ1) is 20.9. The number of benzene rings is 2. The average molecular weight is 631 g/mol.